The fraction of sp³-hybridized carbons (Fsp3) is 0.414. The Bertz CT molecular complexity index is 1080. The van der Waals surface area contributed by atoms with E-state index in [4.69, 9.17) is 16.7 Å². The molecule has 1 amide bonds. The minimum atomic E-state index is -0.0443. The number of allylic oxidation sites excluding steroid dienone is 2. The number of unbranched alkanes of at least 4 members (excludes halogenated alkanes) is 1. The average Bonchev–Trinajstić information content (AvgIpc) is 3.20. The zero-order valence-corrected chi connectivity index (χ0v) is 22.6. The fourth-order valence-corrected chi connectivity index (χ4v) is 4.94. The van der Waals surface area contributed by atoms with Crippen molar-refractivity contribution >= 4 is 28.7 Å². The van der Waals surface area contributed by atoms with E-state index < -0.39 is 0 Å². The highest BCUT2D eigenvalue weighted by molar-refractivity contribution is 6.32. The number of aliphatic hydroxyl groups is 1. The number of aliphatic hydroxyl groups excluding tert-OH is 1. The standard InChI is InChI=1S/C28H35ClN4O.CH4O/c1-5-6-12-25(23-13-7-8-14-24(23)26-18-32(4)31-20(26)3)27(29)33-16-15-21(17-19(33)2)28(34)30-22-10-9-11-22;1-2/h7-8,13-18,20,22,31H,2,5-6,9-12H2,1,3-4H3,(H,30,34);2H,1H3/b27-25+;. The molecule has 3 N–H and O–H groups in total. The van der Waals surface area contributed by atoms with Gasteiger partial charge in [-0.05, 0) is 73.5 Å². The Hall–Kier alpha value is -2.80. The van der Waals surface area contributed by atoms with E-state index in [1.807, 2.05) is 35.3 Å². The average molecular weight is 511 g/mol. The van der Waals surface area contributed by atoms with E-state index in [0.29, 0.717) is 22.5 Å². The molecule has 0 bridgehead atoms. The molecule has 0 radical (unpaired) electrons. The minimum Gasteiger partial charge on any atom is -0.400 e. The molecule has 1 aromatic carbocycles. The monoisotopic (exact) mass is 510 g/mol. The third kappa shape index (κ3) is 6.30. The van der Waals surface area contributed by atoms with Gasteiger partial charge >= 0.3 is 0 Å². The van der Waals surface area contributed by atoms with Crippen molar-refractivity contribution < 1.29 is 9.90 Å². The molecule has 1 fully saturated rings. The summed E-state index contributed by atoms with van der Waals surface area (Å²) in [6.07, 6.45) is 13.9. The van der Waals surface area contributed by atoms with Crippen LogP contribution in [0.2, 0.25) is 0 Å². The number of hydrogen-bond acceptors (Lipinski definition) is 5. The molecule has 1 aliphatic carbocycles. The van der Waals surface area contributed by atoms with Crippen LogP contribution in [0.5, 0.6) is 0 Å². The van der Waals surface area contributed by atoms with Gasteiger partial charge in [-0.1, -0.05) is 55.8 Å². The molecule has 2 aliphatic heterocycles. The maximum Gasteiger partial charge on any atom is 0.251 e. The Morgan fingerprint density at radius 2 is 2.00 bits per heavy atom. The van der Waals surface area contributed by atoms with Crippen LogP contribution in [-0.4, -0.2) is 47.2 Å². The highest BCUT2D eigenvalue weighted by Gasteiger charge is 2.26. The van der Waals surface area contributed by atoms with E-state index in [1.54, 1.807) is 0 Å². The van der Waals surface area contributed by atoms with Crippen molar-refractivity contribution in [1.29, 1.82) is 0 Å². The molecule has 7 heteroatoms. The number of carbonyl (C=O) groups is 1. The summed E-state index contributed by atoms with van der Waals surface area (Å²) in [6.45, 7) is 8.57. The Labute approximate surface area is 220 Å². The van der Waals surface area contributed by atoms with Crippen molar-refractivity contribution in [3.05, 3.63) is 82.9 Å². The third-order valence-electron chi connectivity index (χ3n) is 6.74. The zero-order valence-electron chi connectivity index (χ0n) is 21.9. The van der Waals surface area contributed by atoms with Crippen LogP contribution in [0.25, 0.3) is 11.1 Å². The second-order valence-electron chi connectivity index (χ2n) is 9.34. The molecule has 0 spiro atoms. The lowest BCUT2D eigenvalue weighted by atomic mass is 9.90. The van der Waals surface area contributed by atoms with Gasteiger partial charge in [0.2, 0.25) is 0 Å². The largest absolute Gasteiger partial charge is 0.400 e. The number of nitrogens with one attached hydrogen (secondary N) is 2. The third-order valence-corrected chi connectivity index (χ3v) is 7.15. The molecule has 194 valence electrons. The lowest BCUT2D eigenvalue weighted by molar-refractivity contribution is -0.118. The molecule has 3 aliphatic rings. The van der Waals surface area contributed by atoms with Crippen LogP contribution in [0, 0.1) is 0 Å². The molecule has 1 saturated carbocycles. The highest BCUT2D eigenvalue weighted by Crippen LogP contribution is 2.37. The molecular formula is C29H39ClN4O2. The van der Waals surface area contributed by atoms with Crippen molar-refractivity contribution in [3.8, 4) is 0 Å². The van der Waals surface area contributed by atoms with Crippen molar-refractivity contribution in [2.24, 2.45) is 0 Å². The van der Waals surface area contributed by atoms with Crippen molar-refractivity contribution in [2.75, 3.05) is 14.2 Å². The molecule has 1 atom stereocenters. The van der Waals surface area contributed by atoms with Gasteiger partial charge < -0.3 is 20.3 Å². The van der Waals surface area contributed by atoms with E-state index in [0.717, 1.165) is 50.4 Å². The summed E-state index contributed by atoms with van der Waals surface area (Å²) >= 11 is 7.10. The molecule has 2 heterocycles. The normalized spacial score (nSPS) is 20.2. The van der Waals surface area contributed by atoms with Crippen LogP contribution in [0.4, 0.5) is 0 Å². The summed E-state index contributed by atoms with van der Waals surface area (Å²) in [6, 6.07) is 8.97. The van der Waals surface area contributed by atoms with E-state index in [2.05, 4.69) is 61.6 Å². The molecule has 0 saturated heterocycles. The summed E-state index contributed by atoms with van der Waals surface area (Å²) in [7, 11) is 3.01. The SMILES string of the molecule is C=C1C=C(C(=O)NC2CCC2)C=CN1/C(Cl)=C(\CCCC)c1ccccc1C1=CN(C)NC1C.CO. The van der Waals surface area contributed by atoms with E-state index in [-0.39, 0.29) is 11.9 Å². The van der Waals surface area contributed by atoms with Crippen LogP contribution in [0.3, 0.4) is 0 Å². The Balaban J connectivity index is 0.00000176. The zero-order chi connectivity index (χ0) is 26.2. The first-order valence-corrected chi connectivity index (χ1v) is 13.1. The van der Waals surface area contributed by atoms with Gasteiger partial charge in [-0.15, -0.1) is 0 Å². The van der Waals surface area contributed by atoms with Gasteiger partial charge in [0.25, 0.3) is 5.91 Å². The molecular weight excluding hydrogens is 472 g/mol. The number of rotatable bonds is 8. The Kier molecular flexibility index (Phi) is 9.99. The first kappa shape index (κ1) is 27.8. The van der Waals surface area contributed by atoms with Gasteiger partial charge in [-0.25, -0.2) is 5.43 Å². The first-order valence-electron chi connectivity index (χ1n) is 12.7. The highest BCUT2D eigenvalue weighted by atomic mass is 35.5. The Morgan fingerprint density at radius 3 is 2.58 bits per heavy atom. The number of benzene rings is 1. The number of hydrazine groups is 1. The maximum atomic E-state index is 12.6. The van der Waals surface area contributed by atoms with Crippen molar-refractivity contribution in [3.63, 3.8) is 0 Å². The van der Waals surface area contributed by atoms with Gasteiger partial charge in [0, 0.05) is 43.9 Å². The van der Waals surface area contributed by atoms with Crippen molar-refractivity contribution in [1.82, 2.24) is 20.7 Å². The number of amides is 1. The van der Waals surface area contributed by atoms with Crippen LogP contribution >= 0.6 is 11.6 Å². The maximum absolute atomic E-state index is 12.6. The van der Waals surface area contributed by atoms with Gasteiger partial charge in [0.1, 0.15) is 5.16 Å². The van der Waals surface area contributed by atoms with E-state index in [1.165, 1.54) is 17.6 Å². The second kappa shape index (κ2) is 12.9. The van der Waals surface area contributed by atoms with Gasteiger partial charge in [0.15, 0.2) is 0 Å². The topological polar surface area (TPSA) is 67.8 Å². The number of halogens is 1. The molecule has 6 nitrogen and oxygen atoms in total. The van der Waals surface area contributed by atoms with Crippen LogP contribution < -0.4 is 10.7 Å². The smallest absolute Gasteiger partial charge is 0.251 e. The predicted molar refractivity (Wildman–Crippen MR) is 149 cm³/mol. The lowest BCUT2D eigenvalue weighted by Gasteiger charge is -2.29. The van der Waals surface area contributed by atoms with Crippen LogP contribution in [-0.2, 0) is 4.79 Å². The first-order chi connectivity index (χ1) is 17.4. The molecule has 1 unspecified atom stereocenters. The number of hydrogen-bond donors (Lipinski definition) is 3. The van der Waals surface area contributed by atoms with Crippen LogP contribution in [0.15, 0.2) is 71.8 Å². The quantitative estimate of drug-likeness (QED) is 0.402. The van der Waals surface area contributed by atoms with Crippen LogP contribution in [0.1, 0.15) is 63.5 Å². The summed E-state index contributed by atoms with van der Waals surface area (Å²) in [4.78, 5) is 14.5. The lowest BCUT2D eigenvalue weighted by Crippen LogP contribution is -2.40. The number of carbonyl (C=O) groups excluding carboxylic acids is 1. The van der Waals surface area contributed by atoms with E-state index >= 15 is 0 Å². The fourth-order valence-electron chi connectivity index (χ4n) is 4.58. The van der Waals surface area contributed by atoms with Gasteiger partial charge in [-0.3, -0.25) is 4.79 Å². The van der Waals surface area contributed by atoms with Gasteiger partial charge in [0.05, 0.1) is 6.04 Å². The van der Waals surface area contributed by atoms with Gasteiger partial charge in [-0.2, -0.15) is 0 Å². The van der Waals surface area contributed by atoms with E-state index in [9.17, 15) is 4.79 Å². The summed E-state index contributed by atoms with van der Waals surface area (Å²) < 4.78 is 0. The molecule has 36 heavy (non-hydrogen) atoms. The molecule has 0 aromatic heterocycles. The summed E-state index contributed by atoms with van der Waals surface area (Å²) in [5, 5.41) is 12.7. The summed E-state index contributed by atoms with van der Waals surface area (Å²) in [5.41, 5.74) is 9.36. The predicted octanol–water partition coefficient (Wildman–Crippen LogP) is 5.51. The second-order valence-corrected chi connectivity index (χ2v) is 9.70. The molecule has 4 rings (SSSR count). The Morgan fingerprint density at radius 1 is 1.28 bits per heavy atom. The number of nitrogens with zero attached hydrogens (tertiary/aromatic N) is 2. The minimum absolute atomic E-state index is 0.0443. The summed E-state index contributed by atoms with van der Waals surface area (Å²) in [5.74, 6) is -0.0443. The van der Waals surface area contributed by atoms with Crippen molar-refractivity contribution in [2.45, 2.75) is 64.5 Å². The molecule has 1 aromatic rings.